The Kier molecular flexibility index (Phi) is 4.99. The van der Waals surface area contributed by atoms with Crippen molar-refractivity contribution in [2.75, 3.05) is 14.2 Å². The smallest absolute Gasteiger partial charge is 0.185 e. The molecule has 0 saturated carbocycles. The Morgan fingerprint density at radius 1 is 0.955 bits per heavy atom. The maximum atomic E-state index is 12.3. The molecule has 0 amide bonds. The summed E-state index contributed by atoms with van der Waals surface area (Å²) in [4.78, 5) is 12.3. The molecule has 0 fully saturated rings. The summed E-state index contributed by atoms with van der Waals surface area (Å²) in [5, 5.41) is 0. The molecule has 3 heteroatoms. The molecule has 0 saturated heterocycles. The number of hydrogen-bond donors (Lipinski definition) is 0. The van der Waals surface area contributed by atoms with Gasteiger partial charge in [0.15, 0.2) is 5.78 Å². The van der Waals surface area contributed by atoms with Gasteiger partial charge in [0.25, 0.3) is 0 Å². The number of ketones is 1. The highest BCUT2D eigenvalue weighted by atomic mass is 16.5. The van der Waals surface area contributed by atoms with Gasteiger partial charge in [0.05, 0.1) is 14.2 Å². The number of allylic oxidation sites excluding steroid dienone is 1. The highest BCUT2D eigenvalue weighted by Gasteiger charge is 2.05. The molecule has 0 spiro atoms. The van der Waals surface area contributed by atoms with E-state index in [1.807, 2.05) is 50.2 Å². The molecular weight excluding hydrogens is 276 g/mol. The summed E-state index contributed by atoms with van der Waals surface area (Å²) in [5.41, 5.74) is 3.77. The number of benzene rings is 2. The van der Waals surface area contributed by atoms with E-state index in [9.17, 15) is 4.79 Å². The summed E-state index contributed by atoms with van der Waals surface area (Å²) in [6.45, 7) is 4.03. The lowest BCUT2D eigenvalue weighted by atomic mass is 10.0. The van der Waals surface area contributed by atoms with Gasteiger partial charge in [-0.25, -0.2) is 0 Å². The van der Waals surface area contributed by atoms with Crippen molar-refractivity contribution in [2.45, 2.75) is 13.8 Å². The fourth-order valence-corrected chi connectivity index (χ4v) is 2.13. The zero-order valence-corrected chi connectivity index (χ0v) is 13.3. The molecule has 0 N–H and O–H groups in total. The topological polar surface area (TPSA) is 35.5 Å². The van der Waals surface area contributed by atoms with Gasteiger partial charge in [0, 0.05) is 11.1 Å². The van der Waals surface area contributed by atoms with Gasteiger partial charge in [-0.2, -0.15) is 0 Å². The molecule has 0 aliphatic heterocycles. The van der Waals surface area contributed by atoms with E-state index < -0.39 is 0 Å². The fourth-order valence-electron chi connectivity index (χ4n) is 2.13. The monoisotopic (exact) mass is 296 g/mol. The minimum absolute atomic E-state index is 0.0343. The Morgan fingerprint density at radius 3 is 2.36 bits per heavy atom. The largest absolute Gasteiger partial charge is 0.497 e. The van der Waals surface area contributed by atoms with Crippen LogP contribution in [0.3, 0.4) is 0 Å². The van der Waals surface area contributed by atoms with E-state index in [2.05, 4.69) is 0 Å². The van der Waals surface area contributed by atoms with Crippen LogP contribution in [0.1, 0.15) is 27.0 Å². The van der Waals surface area contributed by atoms with Crippen LogP contribution in [0, 0.1) is 13.8 Å². The van der Waals surface area contributed by atoms with Crippen LogP contribution in [0.2, 0.25) is 0 Å². The second-order valence-electron chi connectivity index (χ2n) is 5.10. The molecule has 0 heterocycles. The normalized spacial score (nSPS) is 10.7. The molecule has 3 nitrogen and oxygen atoms in total. The van der Waals surface area contributed by atoms with Crippen molar-refractivity contribution >= 4 is 11.9 Å². The van der Waals surface area contributed by atoms with E-state index in [0.717, 1.165) is 16.9 Å². The minimum Gasteiger partial charge on any atom is -0.497 e. The molecule has 0 aromatic heterocycles. The molecule has 0 aliphatic carbocycles. The van der Waals surface area contributed by atoms with Crippen molar-refractivity contribution in [3.8, 4) is 11.5 Å². The third kappa shape index (κ3) is 3.55. The summed E-state index contributed by atoms with van der Waals surface area (Å²) in [5.74, 6) is 1.39. The average Bonchev–Trinajstić information content (AvgIpc) is 2.54. The maximum Gasteiger partial charge on any atom is 0.185 e. The van der Waals surface area contributed by atoms with Crippen molar-refractivity contribution in [3.63, 3.8) is 0 Å². The van der Waals surface area contributed by atoms with Crippen molar-refractivity contribution in [1.29, 1.82) is 0 Å². The molecular formula is C19H20O3. The lowest BCUT2D eigenvalue weighted by molar-refractivity contribution is 0.104. The molecule has 22 heavy (non-hydrogen) atoms. The van der Waals surface area contributed by atoms with Crippen molar-refractivity contribution in [2.24, 2.45) is 0 Å². The highest BCUT2D eigenvalue weighted by molar-refractivity contribution is 6.07. The Balaban J connectivity index is 2.27. The molecule has 2 rings (SSSR count). The summed E-state index contributed by atoms with van der Waals surface area (Å²) < 4.78 is 10.5. The van der Waals surface area contributed by atoms with Gasteiger partial charge in [-0.05, 0) is 61.4 Å². The van der Waals surface area contributed by atoms with Crippen LogP contribution in [0.4, 0.5) is 0 Å². The first-order valence-electron chi connectivity index (χ1n) is 7.07. The number of hydrogen-bond acceptors (Lipinski definition) is 3. The van der Waals surface area contributed by atoms with Crippen molar-refractivity contribution in [1.82, 2.24) is 0 Å². The van der Waals surface area contributed by atoms with Gasteiger partial charge in [0.1, 0.15) is 11.5 Å². The zero-order chi connectivity index (χ0) is 16.1. The second-order valence-corrected chi connectivity index (χ2v) is 5.10. The average molecular weight is 296 g/mol. The molecule has 114 valence electrons. The summed E-state index contributed by atoms with van der Waals surface area (Å²) in [6, 6.07) is 11.2. The lowest BCUT2D eigenvalue weighted by Gasteiger charge is -2.07. The van der Waals surface area contributed by atoms with Crippen LogP contribution in [0.25, 0.3) is 6.08 Å². The predicted octanol–water partition coefficient (Wildman–Crippen LogP) is 4.22. The lowest BCUT2D eigenvalue weighted by Crippen LogP contribution is -1.96. The van der Waals surface area contributed by atoms with Crippen LogP contribution in [-0.2, 0) is 0 Å². The van der Waals surface area contributed by atoms with Crippen molar-refractivity contribution < 1.29 is 14.3 Å². The van der Waals surface area contributed by atoms with Crippen molar-refractivity contribution in [3.05, 3.63) is 64.7 Å². The van der Waals surface area contributed by atoms with Gasteiger partial charge < -0.3 is 9.47 Å². The van der Waals surface area contributed by atoms with E-state index in [0.29, 0.717) is 11.3 Å². The summed E-state index contributed by atoms with van der Waals surface area (Å²) >= 11 is 0. The summed E-state index contributed by atoms with van der Waals surface area (Å²) in [7, 11) is 3.21. The number of carbonyl (C=O) groups is 1. The van der Waals surface area contributed by atoms with Gasteiger partial charge >= 0.3 is 0 Å². The molecule has 0 bridgehead atoms. The van der Waals surface area contributed by atoms with E-state index in [-0.39, 0.29) is 5.78 Å². The Labute approximate surface area is 131 Å². The number of methoxy groups -OCH3 is 2. The molecule has 0 atom stereocenters. The number of carbonyl (C=O) groups excluding carboxylic acids is 1. The van der Waals surface area contributed by atoms with Crippen LogP contribution in [0.5, 0.6) is 11.5 Å². The third-order valence-corrected chi connectivity index (χ3v) is 3.64. The minimum atomic E-state index is -0.0343. The van der Waals surface area contributed by atoms with E-state index in [1.165, 1.54) is 5.56 Å². The first-order valence-corrected chi connectivity index (χ1v) is 7.07. The van der Waals surface area contributed by atoms with E-state index in [4.69, 9.17) is 9.47 Å². The maximum absolute atomic E-state index is 12.3. The van der Waals surface area contributed by atoms with Crippen LogP contribution < -0.4 is 9.47 Å². The number of rotatable bonds is 5. The van der Waals surface area contributed by atoms with E-state index in [1.54, 1.807) is 26.4 Å². The van der Waals surface area contributed by atoms with E-state index >= 15 is 0 Å². The second kappa shape index (κ2) is 6.94. The Bertz CT molecular complexity index is 715. The van der Waals surface area contributed by atoms with Gasteiger partial charge in [-0.3, -0.25) is 4.79 Å². The molecule has 0 aliphatic rings. The SMILES string of the molecule is COc1ccc(OC)c(C=CC(=O)c2ccc(C)c(C)c2)c1. The van der Waals surface area contributed by atoms with Crippen LogP contribution in [-0.4, -0.2) is 20.0 Å². The zero-order valence-electron chi connectivity index (χ0n) is 13.3. The van der Waals surface area contributed by atoms with Gasteiger partial charge in [-0.15, -0.1) is 0 Å². The van der Waals surface area contributed by atoms with Crippen LogP contribution in [0.15, 0.2) is 42.5 Å². The fraction of sp³-hybridized carbons (Fsp3) is 0.211. The number of ether oxygens (including phenoxy) is 2. The standard InChI is InChI=1S/C19H20O3/c1-13-5-6-15(11-14(13)2)18(20)9-7-16-12-17(21-3)8-10-19(16)22-4/h5-12H,1-4H3. The Morgan fingerprint density at radius 2 is 1.73 bits per heavy atom. The molecule has 0 unspecified atom stereocenters. The summed E-state index contributed by atoms with van der Waals surface area (Å²) in [6.07, 6.45) is 3.31. The molecule has 2 aromatic rings. The molecule has 2 aromatic carbocycles. The number of aryl methyl sites for hydroxylation is 2. The predicted molar refractivity (Wildman–Crippen MR) is 88.8 cm³/mol. The highest BCUT2D eigenvalue weighted by Crippen LogP contribution is 2.25. The third-order valence-electron chi connectivity index (χ3n) is 3.64. The quantitative estimate of drug-likeness (QED) is 0.612. The van der Waals surface area contributed by atoms with Gasteiger partial charge in [0.2, 0.25) is 0 Å². The Hall–Kier alpha value is -2.55. The first-order chi connectivity index (χ1) is 10.5. The molecule has 0 radical (unpaired) electrons. The van der Waals surface area contributed by atoms with Crippen LogP contribution >= 0.6 is 0 Å². The first kappa shape index (κ1) is 15.8. The van der Waals surface area contributed by atoms with Gasteiger partial charge in [-0.1, -0.05) is 12.1 Å².